The summed E-state index contributed by atoms with van der Waals surface area (Å²) in [6.45, 7) is 11.5. The highest BCUT2D eigenvalue weighted by molar-refractivity contribution is 6.00. The van der Waals surface area contributed by atoms with Crippen LogP contribution in [0.5, 0.6) is 17.5 Å². The summed E-state index contributed by atoms with van der Waals surface area (Å²) < 4.78 is 34.3. The molecule has 7 aliphatic heterocycles. The van der Waals surface area contributed by atoms with Gasteiger partial charge in [-0.3, -0.25) is 28.8 Å². The molecule has 18 heterocycles. The van der Waals surface area contributed by atoms with Gasteiger partial charge in [0.2, 0.25) is 29.6 Å². The zero-order chi connectivity index (χ0) is 91.9. The van der Waals surface area contributed by atoms with Crippen LogP contribution in [-0.2, 0) is 47.1 Å². The van der Waals surface area contributed by atoms with Gasteiger partial charge in [0.1, 0.15) is 33.3 Å². The normalized spacial score (nSPS) is 17.4. The summed E-state index contributed by atoms with van der Waals surface area (Å²) >= 11 is 0. The molecule has 35 nitrogen and oxygen atoms in total. The number of likely N-dealkylation sites (tertiary alicyclic amines) is 1. The van der Waals surface area contributed by atoms with Crippen molar-refractivity contribution in [2.75, 3.05) is 124 Å². The van der Waals surface area contributed by atoms with Crippen LogP contribution in [-0.4, -0.2) is 213 Å². The second-order valence-electron chi connectivity index (χ2n) is 37.1. The van der Waals surface area contributed by atoms with E-state index in [2.05, 4.69) is 190 Å². The number of pyridine rings is 2. The lowest BCUT2D eigenvalue weighted by molar-refractivity contribution is -0.122. The molecule has 0 atom stereocenters. The molecule has 2 aliphatic carbocycles. The predicted octanol–water partition coefficient (Wildman–Crippen LogP) is 13.3. The van der Waals surface area contributed by atoms with Crippen LogP contribution in [0.3, 0.4) is 0 Å². The largest absolute Gasteiger partial charge is 0.482 e. The monoisotopic (exact) mass is 1810 g/mol. The van der Waals surface area contributed by atoms with Crippen molar-refractivity contribution in [3.05, 3.63) is 220 Å². The number of fused-ring (bicyclic) bond motifs is 18. The number of carbonyl (C=O) groups is 3. The van der Waals surface area contributed by atoms with Gasteiger partial charge in [-0.1, -0.05) is 43.4 Å². The van der Waals surface area contributed by atoms with E-state index in [1.807, 2.05) is 77.5 Å². The number of carbonyl (C=O) groups excluding carboxylic acids is 3. The summed E-state index contributed by atoms with van der Waals surface area (Å²) in [7, 11) is 8.58. The van der Waals surface area contributed by atoms with Crippen LogP contribution in [0.1, 0.15) is 96.4 Å². The summed E-state index contributed by atoms with van der Waals surface area (Å²) in [5.74, 6) is 2.31. The molecule has 1 saturated heterocycles. The van der Waals surface area contributed by atoms with E-state index in [1.165, 1.54) is 48.7 Å². The first-order valence-electron chi connectivity index (χ1n) is 46.8. The van der Waals surface area contributed by atoms with Crippen LogP contribution in [0.2, 0.25) is 0 Å². The van der Waals surface area contributed by atoms with Crippen molar-refractivity contribution in [3.63, 3.8) is 0 Å². The van der Waals surface area contributed by atoms with Crippen LogP contribution >= 0.6 is 0 Å². The van der Waals surface area contributed by atoms with Gasteiger partial charge in [0.15, 0.2) is 36.8 Å². The fraction of sp³-hybridized carbons (Fsp3) is 0.360. The number of allylic oxidation sites excluding steroid dienone is 6. The highest BCUT2D eigenvalue weighted by Gasteiger charge is 2.46. The Morgan fingerprint density at radius 1 is 0.437 bits per heavy atom. The Labute approximate surface area is 775 Å². The molecule has 3 amide bonds. The Hall–Kier alpha value is -14.8. The molecule has 0 unspecified atom stereocenters. The van der Waals surface area contributed by atoms with Crippen molar-refractivity contribution in [3.8, 4) is 34.6 Å². The van der Waals surface area contributed by atoms with E-state index in [0.29, 0.717) is 153 Å². The quantitative estimate of drug-likeness (QED) is 0.0757. The van der Waals surface area contributed by atoms with Gasteiger partial charge in [-0.05, 0) is 220 Å². The lowest BCUT2D eigenvalue weighted by Crippen LogP contribution is -2.40. The van der Waals surface area contributed by atoms with Crippen LogP contribution in [0.25, 0.3) is 82.9 Å². The van der Waals surface area contributed by atoms with Gasteiger partial charge in [-0.25, -0.2) is 53.0 Å². The van der Waals surface area contributed by atoms with E-state index < -0.39 is 0 Å². The minimum absolute atomic E-state index is 0.0226. The van der Waals surface area contributed by atoms with Crippen molar-refractivity contribution in [2.45, 2.75) is 135 Å². The third-order valence-corrected chi connectivity index (χ3v) is 28.0. The Morgan fingerprint density at radius 2 is 0.874 bits per heavy atom. The number of nitrogens with one attached hydrogen (secondary N) is 3. The van der Waals surface area contributed by atoms with Gasteiger partial charge in [0, 0.05) is 157 Å². The third-order valence-electron chi connectivity index (χ3n) is 28.0. The summed E-state index contributed by atoms with van der Waals surface area (Å²) in [4.78, 5) is 129. The summed E-state index contributed by atoms with van der Waals surface area (Å²) in [6.07, 6.45) is 40.0. The van der Waals surface area contributed by atoms with E-state index in [-0.39, 0.29) is 59.8 Å². The number of aromatic nitrogens is 17. The Bertz CT molecular complexity index is 7500. The van der Waals surface area contributed by atoms with E-state index >= 15 is 0 Å². The standard InChI is InChI=1S/C36H41N9O3.C32H33N9O3.C32H32N8O3/c1-40(2)19-20-41-16-12-27(13-17-41)42-18-11-25-21-26(7-9-30(25)42)38-36-37-23-29-34(39-36)45-28-8-10-32-31(22-28)43(33(46)24-48-32)14-5-3-4-6-15-44(45)35(29)47;1-37(2)32(10-11-32)20-38-14-9-21-15-22(7-8-25(21)38)35-31-34-18-24-28(36-31)41-23-16-26-29(33-17-23)44-19-27(42)39(26)12-5-3-4-6-13-40(41)30(24)43;1-2-32(10-11-32)20-37-14-9-21-15-22(7-8-25(21)37)35-31-34-18-24-28(36-31)40-23-16-26-29(33-17-23)43-19-27(41)38(26)12-5-3-4-6-13-39(40)30(24)42/h4,6-11,18,21-23,27H,3,5,12-17,19-20,24H2,1-2H3,(H,37,38,39);4,6-9,14-18H,3,5,10-13,19-20H2,1-2H3,(H,34,35,36);4,6-9,14-18H,2-3,5,10-13,19-20H2,1H3,(H,34,35,36). The van der Waals surface area contributed by atoms with Gasteiger partial charge < -0.3 is 73.3 Å². The molecule has 11 aromatic heterocycles. The first-order chi connectivity index (χ1) is 65.8. The molecule has 0 spiro atoms. The molecular weight excluding hydrogens is 1710 g/mol. The molecule has 35 heteroatoms. The maximum atomic E-state index is 13.7. The van der Waals surface area contributed by atoms with Crippen molar-refractivity contribution >= 4 is 135 Å². The van der Waals surface area contributed by atoms with E-state index in [0.717, 1.165) is 124 Å². The molecular formula is C100H106N26O9. The molecule has 4 aromatic carbocycles. The Kier molecular flexibility index (Phi) is 22.4. The number of amides is 3. The molecule has 3 N–H and O–H groups in total. The maximum Gasteiger partial charge on any atom is 0.278 e. The van der Waals surface area contributed by atoms with Crippen molar-refractivity contribution in [1.82, 2.24) is 96.4 Å². The lowest BCUT2D eigenvalue weighted by Gasteiger charge is -2.33. The van der Waals surface area contributed by atoms with Gasteiger partial charge in [-0.2, -0.15) is 15.0 Å². The number of piperidine rings is 1. The van der Waals surface area contributed by atoms with Crippen LogP contribution in [0.4, 0.5) is 52.0 Å². The van der Waals surface area contributed by atoms with Crippen LogP contribution in [0.15, 0.2) is 204 Å². The molecule has 6 bridgehead atoms. The van der Waals surface area contributed by atoms with E-state index in [9.17, 15) is 28.8 Å². The van der Waals surface area contributed by atoms with Crippen molar-refractivity contribution < 1.29 is 28.6 Å². The predicted molar refractivity (Wildman–Crippen MR) is 520 cm³/mol. The SMILES string of the molecule is CCC1(Cn2ccc3cc(Nc4ncc5c(=O)n6n(c5n4)-c4cnc5c(c4)N(CCCC=CC6)C(=O)CO5)ccc32)CC1.CN(C)C1(Cn2ccc3cc(Nc4ncc5c(=O)n6n(c5n4)-c4cnc5c(c4)N(CCCC=CC6)C(=O)CO5)ccc32)CC1.CN(C)CCN1CCC(n2ccc3cc(Nc4ncc5c(=O)n6n(c5n4)-c4ccc5c(c4)N(CCCC=CC6)C(=O)CO5)ccc32)CC1. The Morgan fingerprint density at radius 3 is 1.33 bits per heavy atom. The Balaban J connectivity index is 0.000000118. The number of hydrogen-bond acceptors (Lipinski definition) is 23. The minimum atomic E-state index is -0.205. The zero-order valence-electron chi connectivity index (χ0n) is 76.2. The minimum Gasteiger partial charge on any atom is -0.482 e. The highest BCUT2D eigenvalue weighted by Crippen LogP contribution is 2.51. The summed E-state index contributed by atoms with van der Waals surface area (Å²) in [5, 5.41) is 14.7. The van der Waals surface area contributed by atoms with Crippen LogP contribution in [0, 0.1) is 5.41 Å². The van der Waals surface area contributed by atoms with Gasteiger partial charge >= 0.3 is 0 Å². The number of likely N-dealkylation sites (N-methyl/N-ethyl adjacent to an activating group) is 2. The van der Waals surface area contributed by atoms with Gasteiger partial charge in [0.25, 0.3) is 34.4 Å². The number of anilines is 9. The number of hydrogen-bond donors (Lipinski definition) is 3. The first-order valence-corrected chi connectivity index (χ1v) is 46.8. The molecule has 9 aliphatic rings. The first kappa shape index (κ1) is 85.6. The average Bonchev–Trinajstić information content (AvgIpc) is 1.62. The van der Waals surface area contributed by atoms with E-state index in [4.69, 9.17) is 29.2 Å². The van der Waals surface area contributed by atoms with Gasteiger partial charge in [-0.15, -0.1) is 0 Å². The fourth-order valence-corrected chi connectivity index (χ4v) is 19.9. The van der Waals surface area contributed by atoms with Crippen molar-refractivity contribution in [2.24, 2.45) is 5.41 Å². The number of benzene rings is 4. The molecule has 15 aromatic rings. The van der Waals surface area contributed by atoms with E-state index in [1.54, 1.807) is 69.1 Å². The number of rotatable bonds is 16. The second kappa shape index (κ2) is 35.3. The molecule has 24 rings (SSSR count). The smallest absolute Gasteiger partial charge is 0.278 e. The molecule has 3 fully saturated rings. The number of nitrogens with zero attached hydrogens (tertiary/aromatic N) is 23. The summed E-state index contributed by atoms with van der Waals surface area (Å²) in [5.41, 5.74) is 11.5. The molecule has 690 valence electrons. The molecule has 0 radical (unpaired) electrons. The fourth-order valence-electron chi connectivity index (χ4n) is 19.9. The maximum absolute atomic E-state index is 13.7. The summed E-state index contributed by atoms with van der Waals surface area (Å²) in [6, 6.07) is 35.2. The lowest BCUT2D eigenvalue weighted by atomic mass is 10.0. The molecule has 2 saturated carbocycles. The highest BCUT2D eigenvalue weighted by atomic mass is 16.5. The van der Waals surface area contributed by atoms with Crippen molar-refractivity contribution in [1.29, 1.82) is 0 Å². The zero-order valence-corrected chi connectivity index (χ0v) is 76.2. The van der Waals surface area contributed by atoms with Crippen LogP contribution < -0.4 is 61.5 Å². The third kappa shape index (κ3) is 16.5. The number of ether oxygens (including phenoxy) is 3. The topological polar surface area (TPSA) is 333 Å². The second-order valence-corrected chi connectivity index (χ2v) is 37.1. The average molecular weight is 1820 g/mol. The van der Waals surface area contributed by atoms with Gasteiger partial charge in [0.05, 0.1) is 54.8 Å². The molecule has 135 heavy (non-hydrogen) atoms.